The maximum Gasteiger partial charge on any atom is 0.320 e. The van der Waals surface area contributed by atoms with Gasteiger partial charge in [-0.25, -0.2) is 0 Å². The highest BCUT2D eigenvalue weighted by atomic mass is 16.4. The van der Waals surface area contributed by atoms with Crippen molar-refractivity contribution in [2.45, 2.75) is 46.5 Å². The maximum absolute atomic E-state index is 10.2. The number of hydrogen-bond donors (Lipinski definition) is 2. The molecule has 112 valence electrons. The summed E-state index contributed by atoms with van der Waals surface area (Å²) in [6, 6.07) is 3.47. The minimum atomic E-state index is -1.02. The lowest BCUT2D eigenvalue weighted by Gasteiger charge is -2.05. The normalized spacial score (nSPS) is 12.3. The molecule has 0 fully saturated rings. The van der Waals surface area contributed by atoms with Gasteiger partial charge >= 0.3 is 11.9 Å². The van der Waals surface area contributed by atoms with Gasteiger partial charge in [-0.05, 0) is 18.8 Å². The Kier molecular flexibility index (Phi) is 12.1. The van der Waals surface area contributed by atoms with Crippen LogP contribution >= 0.6 is 0 Å². The fourth-order valence-electron chi connectivity index (χ4n) is 1.33. The van der Waals surface area contributed by atoms with Crippen molar-refractivity contribution < 1.29 is 19.8 Å². The van der Waals surface area contributed by atoms with Crippen LogP contribution in [0.3, 0.4) is 0 Å². The average Bonchev–Trinajstić information content (AvgIpc) is 2.36. The minimum absolute atomic E-state index is 0.265. The molecule has 0 saturated carbocycles. The Bertz CT molecular complexity index is 380. The number of unbranched alkanes of at least 4 members (excludes halogenated alkanes) is 1. The van der Waals surface area contributed by atoms with Crippen molar-refractivity contribution in [2.24, 2.45) is 17.8 Å². The third kappa shape index (κ3) is 11.0. The summed E-state index contributed by atoms with van der Waals surface area (Å²) in [4.78, 5) is 20.5. The van der Waals surface area contributed by atoms with Gasteiger partial charge < -0.3 is 10.2 Å². The molecule has 0 amide bonds. The first-order valence-electron chi connectivity index (χ1n) is 6.54. The average molecular weight is 282 g/mol. The zero-order chi connectivity index (χ0) is 16.1. The number of aliphatic carboxylic acids is 2. The molecule has 0 aliphatic carbocycles. The van der Waals surface area contributed by atoms with Crippen molar-refractivity contribution in [3.8, 4) is 12.1 Å². The molecule has 0 aromatic carbocycles. The molecule has 0 aromatic heterocycles. The van der Waals surface area contributed by atoms with Crippen molar-refractivity contribution >= 4 is 11.9 Å². The van der Waals surface area contributed by atoms with E-state index in [4.69, 9.17) is 20.7 Å². The Morgan fingerprint density at radius 3 is 1.70 bits per heavy atom. The van der Waals surface area contributed by atoms with Crippen molar-refractivity contribution in [2.75, 3.05) is 0 Å². The molecule has 20 heavy (non-hydrogen) atoms. The van der Waals surface area contributed by atoms with Gasteiger partial charge in [0.05, 0.1) is 12.1 Å². The van der Waals surface area contributed by atoms with Gasteiger partial charge in [0.1, 0.15) is 11.8 Å². The molecule has 0 aliphatic heterocycles. The van der Waals surface area contributed by atoms with E-state index in [0.29, 0.717) is 12.8 Å². The van der Waals surface area contributed by atoms with E-state index in [0.717, 1.165) is 12.8 Å². The number of carbonyl (C=O) groups is 2. The molecule has 0 rings (SSSR count). The summed E-state index contributed by atoms with van der Waals surface area (Å²) in [5.41, 5.74) is 0. The van der Waals surface area contributed by atoms with Gasteiger partial charge in [-0.15, -0.1) is 0 Å². The van der Waals surface area contributed by atoms with Crippen molar-refractivity contribution in [3.05, 3.63) is 0 Å². The molecule has 2 atom stereocenters. The smallest absolute Gasteiger partial charge is 0.320 e. The first-order valence-corrected chi connectivity index (χ1v) is 6.54. The first-order chi connectivity index (χ1) is 9.29. The van der Waals surface area contributed by atoms with E-state index < -0.39 is 23.8 Å². The number of nitriles is 2. The van der Waals surface area contributed by atoms with Gasteiger partial charge in [-0.3, -0.25) is 9.59 Å². The molecule has 2 unspecified atom stereocenters. The van der Waals surface area contributed by atoms with Crippen LogP contribution < -0.4 is 0 Å². The monoisotopic (exact) mass is 282 g/mol. The largest absolute Gasteiger partial charge is 0.480 e. The van der Waals surface area contributed by atoms with E-state index in [2.05, 4.69) is 0 Å². The molecular formula is C14H22N2O4. The number of carboxylic acid groups (broad SMARTS) is 2. The zero-order valence-electron chi connectivity index (χ0n) is 12.2. The summed E-state index contributed by atoms with van der Waals surface area (Å²) in [5, 5.41) is 33.4. The highest BCUT2D eigenvalue weighted by molar-refractivity contribution is 5.73. The number of nitrogens with zero attached hydrogens (tertiary/aromatic N) is 2. The summed E-state index contributed by atoms with van der Waals surface area (Å²) in [7, 11) is 0. The van der Waals surface area contributed by atoms with Gasteiger partial charge in [0.15, 0.2) is 0 Å². The van der Waals surface area contributed by atoms with Gasteiger partial charge in [0.2, 0.25) is 0 Å². The first kappa shape index (κ1) is 20.2. The molecule has 0 spiro atoms. The van der Waals surface area contributed by atoms with E-state index >= 15 is 0 Å². The molecule has 6 nitrogen and oxygen atoms in total. The van der Waals surface area contributed by atoms with Crippen LogP contribution in [0, 0.1) is 40.4 Å². The molecule has 0 aliphatic rings. The predicted octanol–water partition coefficient (Wildman–Crippen LogP) is 2.66. The molecule has 0 radical (unpaired) electrons. The Labute approximate surface area is 119 Å². The third-order valence-corrected chi connectivity index (χ3v) is 2.46. The fourth-order valence-corrected chi connectivity index (χ4v) is 1.33. The molecule has 0 aromatic rings. The van der Waals surface area contributed by atoms with Crippen LogP contribution in [0.5, 0.6) is 0 Å². The van der Waals surface area contributed by atoms with Gasteiger partial charge in [-0.1, -0.05) is 33.6 Å². The molecule has 0 saturated heterocycles. The predicted molar refractivity (Wildman–Crippen MR) is 72.5 cm³/mol. The van der Waals surface area contributed by atoms with Crippen LogP contribution in [0.2, 0.25) is 0 Å². The highest BCUT2D eigenvalue weighted by Gasteiger charge is 2.17. The zero-order valence-corrected chi connectivity index (χ0v) is 12.2. The van der Waals surface area contributed by atoms with Crippen LogP contribution in [0.4, 0.5) is 0 Å². The van der Waals surface area contributed by atoms with Crippen molar-refractivity contribution in [1.82, 2.24) is 0 Å². The topological polar surface area (TPSA) is 122 Å². The second-order valence-electron chi connectivity index (χ2n) is 4.81. The van der Waals surface area contributed by atoms with Gasteiger partial charge in [0, 0.05) is 0 Å². The molecule has 0 heterocycles. The Morgan fingerprint density at radius 1 is 1.05 bits per heavy atom. The summed E-state index contributed by atoms with van der Waals surface area (Å²) in [6.07, 6.45) is 2.66. The lowest BCUT2D eigenvalue weighted by Crippen LogP contribution is -2.13. The number of rotatable bonds is 7. The molecule has 0 bridgehead atoms. The summed E-state index contributed by atoms with van der Waals surface area (Å²) >= 11 is 0. The maximum atomic E-state index is 10.2. The van der Waals surface area contributed by atoms with Crippen LogP contribution in [0.25, 0.3) is 0 Å². The molecule has 6 heteroatoms. The fraction of sp³-hybridized carbons (Fsp3) is 0.714. The third-order valence-electron chi connectivity index (χ3n) is 2.46. The second kappa shape index (κ2) is 12.0. The van der Waals surface area contributed by atoms with Crippen molar-refractivity contribution in [1.29, 1.82) is 10.5 Å². The lowest BCUT2D eigenvalue weighted by molar-refractivity contribution is -0.141. The van der Waals surface area contributed by atoms with Gasteiger partial charge in [0.25, 0.3) is 0 Å². The minimum Gasteiger partial charge on any atom is -0.480 e. The molecular weight excluding hydrogens is 260 g/mol. The summed E-state index contributed by atoms with van der Waals surface area (Å²) in [6.45, 7) is 5.76. The SMILES string of the molecule is CC(C)CC(C#N)C(=O)O.CCCCC(C#N)C(=O)O. The van der Waals surface area contributed by atoms with Crippen LogP contribution in [0.1, 0.15) is 46.5 Å². The quantitative estimate of drug-likeness (QED) is 0.740. The number of carboxylic acids is 2. The van der Waals surface area contributed by atoms with Crippen molar-refractivity contribution in [3.63, 3.8) is 0 Å². The van der Waals surface area contributed by atoms with Crippen LogP contribution in [-0.2, 0) is 9.59 Å². The highest BCUT2D eigenvalue weighted by Crippen LogP contribution is 2.10. The van der Waals surface area contributed by atoms with E-state index in [-0.39, 0.29) is 5.92 Å². The van der Waals surface area contributed by atoms with Crippen LogP contribution in [-0.4, -0.2) is 22.2 Å². The van der Waals surface area contributed by atoms with E-state index in [9.17, 15) is 9.59 Å². The Morgan fingerprint density at radius 2 is 1.50 bits per heavy atom. The van der Waals surface area contributed by atoms with E-state index in [1.165, 1.54) is 0 Å². The Balaban J connectivity index is 0. The summed E-state index contributed by atoms with van der Waals surface area (Å²) in [5.74, 6) is -3.40. The van der Waals surface area contributed by atoms with E-state index in [1.54, 1.807) is 12.1 Å². The van der Waals surface area contributed by atoms with Gasteiger partial charge in [-0.2, -0.15) is 10.5 Å². The standard InChI is InChI=1S/2C7H11NO2/c1-5(2)3-6(4-8)7(9)10;1-2-3-4-6(5-8)7(9)10/h5-6H,3H2,1-2H3,(H,9,10);6H,2-4H2,1H3,(H,9,10). The molecule has 2 N–H and O–H groups in total. The lowest BCUT2D eigenvalue weighted by atomic mass is 9.99. The Hall–Kier alpha value is -2.08. The van der Waals surface area contributed by atoms with Crippen LogP contribution in [0.15, 0.2) is 0 Å². The second-order valence-corrected chi connectivity index (χ2v) is 4.81. The van der Waals surface area contributed by atoms with E-state index in [1.807, 2.05) is 20.8 Å². The number of hydrogen-bond acceptors (Lipinski definition) is 4. The summed E-state index contributed by atoms with van der Waals surface area (Å²) < 4.78 is 0.